The fraction of sp³-hybridized carbons (Fsp3) is 0.667. The Morgan fingerprint density at radius 2 is 2.25 bits per heavy atom. The molecule has 1 aromatic rings. The van der Waals surface area contributed by atoms with Gasteiger partial charge in [0.05, 0.1) is 6.10 Å². The first-order valence-corrected chi connectivity index (χ1v) is 8.81. The number of aliphatic hydroxyl groups is 1. The average molecular weight is 368 g/mol. The van der Waals surface area contributed by atoms with Gasteiger partial charge in [0.2, 0.25) is 10.0 Å². The molecule has 20 heavy (non-hydrogen) atoms. The topological polar surface area (TPSA) is 88.8 Å². The van der Waals surface area contributed by atoms with E-state index in [0.717, 1.165) is 25.9 Å². The Balaban J connectivity index is 1.91. The van der Waals surface area contributed by atoms with E-state index in [1.54, 1.807) is 0 Å². The van der Waals surface area contributed by atoms with Gasteiger partial charge in [0.15, 0.2) is 4.67 Å². The highest BCUT2D eigenvalue weighted by Gasteiger charge is 2.22. The van der Waals surface area contributed by atoms with Crippen LogP contribution in [0.25, 0.3) is 0 Å². The normalized spacial score (nSPS) is 20.2. The van der Waals surface area contributed by atoms with Crippen molar-refractivity contribution in [3.63, 3.8) is 0 Å². The number of halogens is 1. The van der Waals surface area contributed by atoms with Crippen molar-refractivity contribution in [1.29, 1.82) is 0 Å². The third-order valence-electron chi connectivity index (χ3n) is 3.18. The van der Waals surface area contributed by atoms with Crippen LogP contribution in [0.15, 0.2) is 20.0 Å². The number of hydrogen-bond donors (Lipinski definition) is 2. The monoisotopic (exact) mass is 367 g/mol. The highest BCUT2D eigenvalue weighted by molar-refractivity contribution is 9.10. The van der Waals surface area contributed by atoms with Crippen molar-refractivity contribution in [2.75, 3.05) is 13.2 Å². The molecule has 0 bridgehead atoms. The van der Waals surface area contributed by atoms with E-state index in [4.69, 9.17) is 14.3 Å². The molecule has 2 N–H and O–H groups in total. The molecule has 1 fully saturated rings. The van der Waals surface area contributed by atoms with Crippen molar-refractivity contribution < 1.29 is 22.7 Å². The number of furan rings is 1. The summed E-state index contributed by atoms with van der Waals surface area (Å²) in [5.41, 5.74) is 0. The van der Waals surface area contributed by atoms with Crippen LogP contribution in [-0.2, 0) is 21.4 Å². The number of hydrogen-bond acceptors (Lipinski definition) is 5. The first-order valence-electron chi connectivity index (χ1n) is 6.53. The first kappa shape index (κ1) is 16.0. The van der Waals surface area contributed by atoms with Crippen LogP contribution in [0.4, 0.5) is 0 Å². The number of ether oxygens (including phenoxy) is 1. The summed E-state index contributed by atoms with van der Waals surface area (Å²) < 4.78 is 37.4. The summed E-state index contributed by atoms with van der Waals surface area (Å²) in [6, 6.07) is 1.31. The van der Waals surface area contributed by atoms with Gasteiger partial charge in [-0.1, -0.05) is 0 Å². The zero-order valence-electron chi connectivity index (χ0n) is 11.0. The molecule has 0 radical (unpaired) electrons. The number of nitrogens with one attached hydrogen (secondary N) is 1. The second-order valence-electron chi connectivity index (χ2n) is 4.68. The lowest BCUT2D eigenvalue weighted by molar-refractivity contribution is 0.0123. The van der Waals surface area contributed by atoms with Gasteiger partial charge in [0, 0.05) is 19.2 Å². The Morgan fingerprint density at radius 1 is 1.45 bits per heavy atom. The summed E-state index contributed by atoms with van der Waals surface area (Å²) in [5.74, 6) is 0.202. The summed E-state index contributed by atoms with van der Waals surface area (Å²) in [4.78, 5) is 0.00566. The molecule has 1 unspecified atom stereocenters. The summed E-state index contributed by atoms with van der Waals surface area (Å²) in [6.45, 7) is 0.730. The lowest BCUT2D eigenvalue weighted by Gasteiger charge is -2.22. The minimum absolute atomic E-state index is 0.00566. The van der Waals surface area contributed by atoms with Crippen molar-refractivity contribution in [2.45, 2.75) is 43.3 Å². The van der Waals surface area contributed by atoms with E-state index in [1.165, 1.54) is 6.07 Å². The molecule has 1 aliphatic heterocycles. The van der Waals surface area contributed by atoms with Crippen molar-refractivity contribution in [3.05, 3.63) is 16.5 Å². The summed E-state index contributed by atoms with van der Waals surface area (Å²) in [5, 5.41) is 8.94. The first-order chi connectivity index (χ1) is 9.53. The minimum atomic E-state index is -3.64. The summed E-state index contributed by atoms with van der Waals surface area (Å²) >= 11 is 3.04. The van der Waals surface area contributed by atoms with Gasteiger partial charge in [-0.05, 0) is 41.6 Å². The Kier molecular flexibility index (Phi) is 5.62. The predicted octanol–water partition coefficient (Wildman–Crippen LogP) is 1.77. The Bertz CT molecular complexity index is 536. The smallest absolute Gasteiger partial charge is 0.244 e. The van der Waals surface area contributed by atoms with E-state index in [0.29, 0.717) is 13.0 Å². The van der Waals surface area contributed by atoms with Gasteiger partial charge in [0.25, 0.3) is 0 Å². The summed E-state index contributed by atoms with van der Waals surface area (Å²) in [6.07, 6.45) is 3.97. The van der Waals surface area contributed by atoms with E-state index in [2.05, 4.69) is 20.7 Å². The van der Waals surface area contributed by atoms with E-state index in [-0.39, 0.29) is 28.0 Å². The van der Waals surface area contributed by atoms with Crippen molar-refractivity contribution in [1.82, 2.24) is 4.72 Å². The molecule has 114 valence electrons. The standard InChI is InChI=1S/C12H18BrNO5S/c13-12-11(7-10(8-15)19-12)20(16,17)14-5-4-9-3-1-2-6-18-9/h7,9,14-15H,1-6,8H2. The molecule has 1 atom stereocenters. The van der Waals surface area contributed by atoms with Gasteiger partial charge in [-0.25, -0.2) is 13.1 Å². The largest absolute Gasteiger partial charge is 0.450 e. The quantitative estimate of drug-likeness (QED) is 0.799. The predicted molar refractivity (Wildman–Crippen MR) is 75.7 cm³/mol. The Labute approximate surface area is 126 Å². The molecule has 6 nitrogen and oxygen atoms in total. The van der Waals surface area contributed by atoms with Crippen LogP contribution in [0, 0.1) is 0 Å². The Hall–Kier alpha value is -0.410. The Morgan fingerprint density at radius 3 is 2.85 bits per heavy atom. The fourth-order valence-electron chi connectivity index (χ4n) is 2.13. The molecule has 1 aliphatic rings. The summed E-state index contributed by atoms with van der Waals surface area (Å²) in [7, 11) is -3.64. The van der Waals surface area contributed by atoms with E-state index < -0.39 is 10.0 Å². The fourth-order valence-corrected chi connectivity index (χ4v) is 4.17. The van der Waals surface area contributed by atoms with Gasteiger partial charge >= 0.3 is 0 Å². The van der Waals surface area contributed by atoms with E-state index in [1.807, 2.05) is 0 Å². The minimum Gasteiger partial charge on any atom is -0.450 e. The maximum absolute atomic E-state index is 12.1. The molecule has 0 saturated carbocycles. The molecule has 0 aromatic carbocycles. The van der Waals surface area contributed by atoms with Gasteiger partial charge < -0.3 is 14.3 Å². The highest BCUT2D eigenvalue weighted by Crippen LogP contribution is 2.26. The molecule has 8 heteroatoms. The molecule has 0 aliphatic carbocycles. The van der Waals surface area contributed by atoms with Crippen LogP contribution >= 0.6 is 15.9 Å². The van der Waals surface area contributed by atoms with E-state index >= 15 is 0 Å². The van der Waals surface area contributed by atoms with E-state index in [9.17, 15) is 8.42 Å². The van der Waals surface area contributed by atoms with Crippen LogP contribution in [0.5, 0.6) is 0 Å². The number of aliphatic hydroxyl groups excluding tert-OH is 1. The second-order valence-corrected chi connectivity index (χ2v) is 7.14. The van der Waals surface area contributed by atoms with Crippen LogP contribution in [-0.4, -0.2) is 32.8 Å². The average Bonchev–Trinajstić information content (AvgIpc) is 2.82. The highest BCUT2D eigenvalue weighted by atomic mass is 79.9. The second kappa shape index (κ2) is 7.04. The molecule has 0 spiro atoms. The van der Waals surface area contributed by atoms with Gasteiger partial charge in [0.1, 0.15) is 17.3 Å². The maximum Gasteiger partial charge on any atom is 0.244 e. The van der Waals surface area contributed by atoms with Gasteiger partial charge in [-0.3, -0.25) is 0 Å². The third kappa shape index (κ3) is 4.05. The lowest BCUT2D eigenvalue weighted by atomic mass is 10.1. The molecule has 2 heterocycles. The molecule has 2 rings (SSSR count). The molecule has 1 aromatic heterocycles. The zero-order valence-corrected chi connectivity index (χ0v) is 13.4. The maximum atomic E-state index is 12.1. The SMILES string of the molecule is O=S(=O)(NCCC1CCCCO1)c1cc(CO)oc1Br. The van der Waals surface area contributed by atoms with Crippen LogP contribution in [0.3, 0.4) is 0 Å². The van der Waals surface area contributed by atoms with Gasteiger partial charge in [-0.15, -0.1) is 0 Å². The lowest BCUT2D eigenvalue weighted by Crippen LogP contribution is -2.29. The molecule has 0 amide bonds. The van der Waals surface area contributed by atoms with Crippen molar-refractivity contribution in [2.24, 2.45) is 0 Å². The van der Waals surface area contributed by atoms with Crippen LogP contribution in [0.2, 0.25) is 0 Å². The number of sulfonamides is 1. The zero-order chi connectivity index (χ0) is 14.6. The van der Waals surface area contributed by atoms with Crippen LogP contribution < -0.4 is 4.72 Å². The number of rotatable bonds is 6. The van der Waals surface area contributed by atoms with Crippen molar-refractivity contribution in [3.8, 4) is 0 Å². The molecule has 1 saturated heterocycles. The van der Waals surface area contributed by atoms with Gasteiger partial charge in [-0.2, -0.15) is 0 Å². The molecular weight excluding hydrogens is 350 g/mol. The third-order valence-corrected chi connectivity index (χ3v) is 5.50. The molecular formula is C12H18BrNO5S. The van der Waals surface area contributed by atoms with Crippen molar-refractivity contribution >= 4 is 26.0 Å². The van der Waals surface area contributed by atoms with Crippen LogP contribution in [0.1, 0.15) is 31.4 Å².